The molecule has 0 spiro atoms. The number of nitrogens with zero attached hydrogens (tertiary/aromatic N) is 2. The first kappa shape index (κ1) is 22.0. The van der Waals surface area contributed by atoms with Crippen LogP contribution in [0.4, 0.5) is 5.00 Å². The van der Waals surface area contributed by atoms with Gasteiger partial charge in [-0.15, -0.1) is 11.3 Å². The summed E-state index contributed by atoms with van der Waals surface area (Å²) in [5.41, 5.74) is 2.74. The third-order valence-corrected chi connectivity index (χ3v) is 9.37. The van der Waals surface area contributed by atoms with Gasteiger partial charge in [0.15, 0.2) is 0 Å². The van der Waals surface area contributed by atoms with Gasteiger partial charge in [0.05, 0.1) is 10.5 Å². The summed E-state index contributed by atoms with van der Waals surface area (Å²) >= 11 is 1.53. The van der Waals surface area contributed by atoms with Crippen LogP contribution in [0.15, 0.2) is 29.2 Å². The molecule has 1 aromatic carbocycles. The number of piperidine rings is 1. The van der Waals surface area contributed by atoms with Crippen LogP contribution in [0.5, 0.6) is 0 Å². The second-order valence-electron chi connectivity index (χ2n) is 8.36. The standard InChI is InChI=1S/C23H27N3O3S2/c1-16-7-9-18(10-8-16)31(28,29)26-13-11-17(12-14-26)22(27)25-23-20(15-24)19-5-3-2-4-6-21(19)30-23/h7-10,17H,2-6,11-14H2,1H3,(H,25,27). The van der Waals surface area contributed by atoms with Crippen molar-refractivity contribution in [3.05, 3.63) is 45.8 Å². The molecule has 0 radical (unpaired) electrons. The van der Waals surface area contributed by atoms with E-state index in [1.807, 2.05) is 6.92 Å². The van der Waals surface area contributed by atoms with Crippen molar-refractivity contribution in [2.45, 2.75) is 56.8 Å². The van der Waals surface area contributed by atoms with Gasteiger partial charge in [-0.2, -0.15) is 9.57 Å². The third kappa shape index (κ3) is 4.54. The lowest BCUT2D eigenvalue weighted by molar-refractivity contribution is -0.120. The van der Waals surface area contributed by atoms with E-state index in [0.29, 0.717) is 41.4 Å². The molecule has 0 bridgehead atoms. The van der Waals surface area contributed by atoms with E-state index >= 15 is 0 Å². The molecule has 164 valence electrons. The molecule has 6 nitrogen and oxygen atoms in total. The van der Waals surface area contributed by atoms with Crippen LogP contribution in [-0.4, -0.2) is 31.7 Å². The summed E-state index contributed by atoms with van der Waals surface area (Å²) < 4.78 is 27.2. The zero-order valence-electron chi connectivity index (χ0n) is 17.7. The number of benzene rings is 1. The van der Waals surface area contributed by atoms with Gasteiger partial charge in [-0.3, -0.25) is 4.79 Å². The van der Waals surface area contributed by atoms with Crippen molar-refractivity contribution >= 4 is 32.3 Å². The normalized spacial score (nSPS) is 18.1. The van der Waals surface area contributed by atoms with E-state index in [9.17, 15) is 18.5 Å². The van der Waals surface area contributed by atoms with Crippen LogP contribution in [0, 0.1) is 24.2 Å². The molecular weight excluding hydrogens is 430 g/mol. The number of nitrogens with one attached hydrogen (secondary N) is 1. The molecule has 1 aliphatic carbocycles. The first-order chi connectivity index (χ1) is 14.9. The van der Waals surface area contributed by atoms with E-state index in [2.05, 4.69) is 11.4 Å². The van der Waals surface area contributed by atoms with Gasteiger partial charge >= 0.3 is 0 Å². The van der Waals surface area contributed by atoms with Crippen LogP contribution < -0.4 is 5.32 Å². The first-order valence-electron chi connectivity index (χ1n) is 10.8. The van der Waals surface area contributed by atoms with Gasteiger partial charge in [0.25, 0.3) is 0 Å². The molecule has 1 amide bonds. The van der Waals surface area contributed by atoms with E-state index in [1.165, 1.54) is 26.9 Å². The van der Waals surface area contributed by atoms with Crippen molar-refractivity contribution in [1.29, 1.82) is 5.26 Å². The van der Waals surface area contributed by atoms with Crippen molar-refractivity contribution in [2.24, 2.45) is 5.92 Å². The Morgan fingerprint density at radius 3 is 2.48 bits per heavy atom. The fourth-order valence-corrected chi connectivity index (χ4v) is 7.09. The number of hydrogen-bond donors (Lipinski definition) is 1. The summed E-state index contributed by atoms with van der Waals surface area (Å²) in [7, 11) is -3.54. The minimum atomic E-state index is -3.54. The molecule has 2 aromatic rings. The molecule has 1 saturated heterocycles. The lowest BCUT2D eigenvalue weighted by atomic mass is 9.97. The van der Waals surface area contributed by atoms with Crippen LogP contribution >= 0.6 is 11.3 Å². The number of aryl methyl sites for hydroxylation is 2. The zero-order chi connectivity index (χ0) is 22.0. The topological polar surface area (TPSA) is 90.3 Å². The smallest absolute Gasteiger partial charge is 0.243 e. The molecule has 1 fully saturated rings. The predicted molar refractivity (Wildman–Crippen MR) is 122 cm³/mol. The van der Waals surface area contributed by atoms with Crippen LogP contribution in [0.25, 0.3) is 0 Å². The van der Waals surface area contributed by atoms with E-state index in [0.717, 1.165) is 36.8 Å². The molecule has 2 heterocycles. The Bertz CT molecular complexity index is 1110. The molecule has 0 atom stereocenters. The maximum Gasteiger partial charge on any atom is 0.243 e. The highest BCUT2D eigenvalue weighted by Gasteiger charge is 2.33. The van der Waals surface area contributed by atoms with Crippen molar-refractivity contribution in [3.63, 3.8) is 0 Å². The third-order valence-electron chi connectivity index (χ3n) is 6.25. The fourth-order valence-electron chi connectivity index (χ4n) is 4.38. The molecule has 1 aliphatic heterocycles. The number of sulfonamides is 1. The lowest BCUT2D eigenvalue weighted by Gasteiger charge is -2.30. The minimum absolute atomic E-state index is 0.111. The van der Waals surface area contributed by atoms with E-state index in [4.69, 9.17) is 0 Å². The largest absolute Gasteiger partial charge is 0.316 e. The van der Waals surface area contributed by atoms with E-state index in [-0.39, 0.29) is 11.8 Å². The maximum atomic E-state index is 12.9. The van der Waals surface area contributed by atoms with Gasteiger partial charge in [-0.05, 0) is 63.1 Å². The number of hydrogen-bond acceptors (Lipinski definition) is 5. The van der Waals surface area contributed by atoms with Crippen molar-refractivity contribution in [3.8, 4) is 6.07 Å². The SMILES string of the molecule is Cc1ccc(S(=O)(=O)N2CCC(C(=O)Nc3sc4c(c3C#N)CCCCC4)CC2)cc1. The number of anilines is 1. The van der Waals surface area contributed by atoms with Crippen molar-refractivity contribution in [2.75, 3.05) is 18.4 Å². The van der Waals surface area contributed by atoms with Crippen LogP contribution in [-0.2, 0) is 27.7 Å². The minimum Gasteiger partial charge on any atom is -0.316 e. The number of carbonyl (C=O) groups is 1. The zero-order valence-corrected chi connectivity index (χ0v) is 19.3. The highest BCUT2D eigenvalue weighted by molar-refractivity contribution is 7.89. The van der Waals surface area contributed by atoms with Gasteiger partial charge < -0.3 is 5.32 Å². The predicted octanol–water partition coefficient (Wildman–Crippen LogP) is 4.24. The van der Waals surface area contributed by atoms with E-state index in [1.54, 1.807) is 24.3 Å². The molecule has 1 N–H and O–H groups in total. The summed E-state index contributed by atoms with van der Waals surface area (Å²) in [6.07, 6.45) is 6.21. The molecule has 8 heteroatoms. The number of fused-ring (bicyclic) bond motifs is 1. The maximum absolute atomic E-state index is 12.9. The highest BCUT2D eigenvalue weighted by atomic mass is 32.2. The number of amides is 1. The Kier molecular flexibility index (Phi) is 6.47. The van der Waals surface area contributed by atoms with Gasteiger partial charge in [0.2, 0.25) is 15.9 Å². The van der Waals surface area contributed by atoms with E-state index < -0.39 is 10.0 Å². The number of rotatable bonds is 4. The number of nitriles is 1. The average Bonchev–Trinajstić information content (AvgIpc) is 2.92. The molecule has 1 aromatic heterocycles. The second-order valence-corrected chi connectivity index (χ2v) is 11.4. The van der Waals surface area contributed by atoms with Crippen LogP contribution in [0.2, 0.25) is 0 Å². The summed E-state index contributed by atoms with van der Waals surface area (Å²) in [4.78, 5) is 14.4. The molecule has 0 saturated carbocycles. The Morgan fingerprint density at radius 2 is 1.81 bits per heavy atom. The number of carbonyl (C=O) groups excluding carboxylic acids is 1. The summed E-state index contributed by atoms with van der Waals surface area (Å²) in [5, 5.41) is 13.3. The molecule has 4 rings (SSSR count). The summed E-state index contributed by atoms with van der Waals surface area (Å²) in [6, 6.07) is 9.15. The lowest BCUT2D eigenvalue weighted by Crippen LogP contribution is -2.41. The Morgan fingerprint density at radius 1 is 1.13 bits per heavy atom. The Hall–Kier alpha value is -2.21. The van der Waals surface area contributed by atoms with Gasteiger partial charge in [-0.1, -0.05) is 24.1 Å². The molecule has 2 aliphatic rings. The van der Waals surface area contributed by atoms with Crippen molar-refractivity contribution in [1.82, 2.24) is 4.31 Å². The van der Waals surface area contributed by atoms with Crippen LogP contribution in [0.1, 0.15) is 53.7 Å². The quantitative estimate of drug-likeness (QED) is 0.696. The average molecular weight is 458 g/mol. The summed E-state index contributed by atoms with van der Waals surface area (Å²) in [5.74, 6) is -0.363. The second kappa shape index (κ2) is 9.11. The van der Waals surface area contributed by atoms with Gasteiger partial charge in [-0.25, -0.2) is 8.42 Å². The van der Waals surface area contributed by atoms with Gasteiger partial charge in [0.1, 0.15) is 11.1 Å². The Balaban J connectivity index is 1.41. The molecule has 0 unspecified atom stereocenters. The summed E-state index contributed by atoms with van der Waals surface area (Å²) in [6.45, 7) is 2.56. The number of thiophene rings is 1. The molecule has 31 heavy (non-hydrogen) atoms. The molecular formula is C23H27N3O3S2. The van der Waals surface area contributed by atoms with Gasteiger partial charge in [0, 0.05) is 23.9 Å². The highest BCUT2D eigenvalue weighted by Crippen LogP contribution is 2.37. The fraction of sp³-hybridized carbons (Fsp3) is 0.478. The van der Waals surface area contributed by atoms with Crippen LogP contribution in [0.3, 0.4) is 0 Å². The monoisotopic (exact) mass is 457 g/mol. The first-order valence-corrected chi connectivity index (χ1v) is 13.1. The van der Waals surface area contributed by atoms with Crippen molar-refractivity contribution < 1.29 is 13.2 Å². The Labute approximate surface area is 187 Å².